The van der Waals surface area contributed by atoms with Crippen LogP contribution in [0.1, 0.15) is 38.6 Å². The van der Waals surface area contributed by atoms with Crippen molar-refractivity contribution in [2.75, 3.05) is 26.8 Å². The quantitative estimate of drug-likeness (QED) is 0.652. The van der Waals surface area contributed by atoms with E-state index in [4.69, 9.17) is 4.74 Å². The number of hydrogen-bond acceptors (Lipinski definition) is 3. The van der Waals surface area contributed by atoms with Crippen molar-refractivity contribution in [1.29, 1.82) is 0 Å². The van der Waals surface area contributed by atoms with Crippen molar-refractivity contribution in [3.63, 3.8) is 0 Å². The number of ether oxygens (including phenoxy) is 1. The summed E-state index contributed by atoms with van der Waals surface area (Å²) in [4.78, 5) is 0. The standard InChI is InChI=1S/C16H30BrN3O/c1-6-14-16(17)15(20(4)19-14)10-13(9-12(2)3)11-18-7-8-21-5/h12-13,18H,6-11H2,1-5H3. The van der Waals surface area contributed by atoms with E-state index in [1.165, 1.54) is 16.6 Å². The van der Waals surface area contributed by atoms with Crippen LogP contribution in [0.4, 0.5) is 0 Å². The Labute approximate surface area is 137 Å². The molecule has 0 amide bonds. The Morgan fingerprint density at radius 2 is 2.10 bits per heavy atom. The molecule has 5 heteroatoms. The van der Waals surface area contributed by atoms with Crippen LogP contribution in [0, 0.1) is 11.8 Å². The van der Waals surface area contributed by atoms with Gasteiger partial charge in [0.1, 0.15) is 0 Å². The normalized spacial score (nSPS) is 13.1. The lowest BCUT2D eigenvalue weighted by atomic mass is 9.92. The summed E-state index contributed by atoms with van der Waals surface area (Å²) in [6, 6.07) is 0. The minimum Gasteiger partial charge on any atom is -0.383 e. The average Bonchev–Trinajstić information content (AvgIpc) is 2.70. The molecule has 4 nitrogen and oxygen atoms in total. The molecule has 1 rings (SSSR count). The van der Waals surface area contributed by atoms with Gasteiger partial charge >= 0.3 is 0 Å². The predicted octanol–water partition coefficient (Wildman–Crippen LogP) is 3.19. The molecule has 0 radical (unpaired) electrons. The predicted molar refractivity (Wildman–Crippen MR) is 91.7 cm³/mol. The second-order valence-corrected chi connectivity index (χ2v) is 6.87. The summed E-state index contributed by atoms with van der Waals surface area (Å²) >= 11 is 3.73. The summed E-state index contributed by atoms with van der Waals surface area (Å²) < 4.78 is 8.32. The smallest absolute Gasteiger partial charge is 0.0766 e. The van der Waals surface area contributed by atoms with Gasteiger partial charge in [0.15, 0.2) is 0 Å². The first-order chi connectivity index (χ1) is 9.99. The minimum atomic E-state index is 0.623. The van der Waals surface area contributed by atoms with Crippen LogP contribution in [0.3, 0.4) is 0 Å². The van der Waals surface area contributed by atoms with Gasteiger partial charge < -0.3 is 10.1 Å². The van der Waals surface area contributed by atoms with E-state index < -0.39 is 0 Å². The summed E-state index contributed by atoms with van der Waals surface area (Å²) in [6.45, 7) is 9.44. The molecule has 1 N–H and O–H groups in total. The minimum absolute atomic E-state index is 0.623. The van der Waals surface area contributed by atoms with Crippen LogP contribution in [0.5, 0.6) is 0 Å². The molecule has 122 valence electrons. The first-order valence-corrected chi connectivity index (χ1v) is 8.68. The van der Waals surface area contributed by atoms with Crippen LogP contribution >= 0.6 is 15.9 Å². The number of methoxy groups -OCH3 is 1. The van der Waals surface area contributed by atoms with Crippen LogP contribution in [0.25, 0.3) is 0 Å². The topological polar surface area (TPSA) is 39.1 Å². The zero-order valence-electron chi connectivity index (χ0n) is 14.1. The van der Waals surface area contributed by atoms with E-state index in [2.05, 4.69) is 47.1 Å². The fraction of sp³-hybridized carbons (Fsp3) is 0.812. The van der Waals surface area contributed by atoms with Crippen molar-refractivity contribution in [3.05, 3.63) is 15.9 Å². The van der Waals surface area contributed by atoms with Crippen molar-refractivity contribution in [2.24, 2.45) is 18.9 Å². The number of nitrogens with zero attached hydrogens (tertiary/aromatic N) is 2. The van der Waals surface area contributed by atoms with Crippen LogP contribution in [0.15, 0.2) is 4.47 Å². The lowest BCUT2D eigenvalue weighted by molar-refractivity contribution is 0.197. The molecular formula is C16H30BrN3O. The van der Waals surface area contributed by atoms with E-state index in [0.29, 0.717) is 11.8 Å². The monoisotopic (exact) mass is 359 g/mol. The fourth-order valence-electron chi connectivity index (χ4n) is 2.70. The van der Waals surface area contributed by atoms with Gasteiger partial charge in [-0.05, 0) is 53.6 Å². The number of rotatable bonds is 10. The first kappa shape index (κ1) is 18.7. The molecule has 0 aliphatic heterocycles. The van der Waals surface area contributed by atoms with Gasteiger partial charge in [0.2, 0.25) is 0 Å². The van der Waals surface area contributed by atoms with Crippen LogP contribution in [-0.2, 0) is 24.6 Å². The third kappa shape index (κ3) is 6.09. The van der Waals surface area contributed by atoms with Gasteiger partial charge in [-0.3, -0.25) is 4.68 Å². The van der Waals surface area contributed by atoms with Gasteiger partial charge in [-0.25, -0.2) is 0 Å². The second kappa shape index (κ2) is 9.59. The number of hydrogen-bond donors (Lipinski definition) is 1. The molecule has 0 aliphatic rings. The SMILES string of the molecule is CCc1nn(C)c(CC(CNCCOC)CC(C)C)c1Br. The highest BCUT2D eigenvalue weighted by molar-refractivity contribution is 9.10. The van der Waals surface area contributed by atoms with Gasteiger partial charge in [-0.2, -0.15) is 5.10 Å². The zero-order chi connectivity index (χ0) is 15.8. The Morgan fingerprint density at radius 3 is 2.62 bits per heavy atom. The largest absolute Gasteiger partial charge is 0.383 e. The lowest BCUT2D eigenvalue weighted by Gasteiger charge is -2.20. The summed E-state index contributed by atoms with van der Waals surface area (Å²) in [7, 11) is 3.79. The maximum atomic E-state index is 5.10. The number of aryl methyl sites for hydroxylation is 2. The van der Waals surface area contributed by atoms with Crippen molar-refractivity contribution in [2.45, 2.75) is 40.0 Å². The molecule has 1 heterocycles. The molecule has 0 saturated heterocycles. The van der Waals surface area contributed by atoms with Crippen molar-refractivity contribution < 1.29 is 4.74 Å². The van der Waals surface area contributed by atoms with Gasteiger partial charge in [0, 0.05) is 20.7 Å². The maximum Gasteiger partial charge on any atom is 0.0766 e. The highest BCUT2D eigenvalue weighted by Gasteiger charge is 2.18. The molecule has 1 aromatic heterocycles. The van der Waals surface area contributed by atoms with Crippen LogP contribution in [-0.4, -0.2) is 36.6 Å². The Hall–Kier alpha value is -0.390. The third-order valence-electron chi connectivity index (χ3n) is 3.71. The molecule has 1 aromatic rings. The summed E-state index contributed by atoms with van der Waals surface area (Å²) in [5, 5.41) is 8.10. The van der Waals surface area contributed by atoms with E-state index in [1.54, 1.807) is 7.11 Å². The Bertz CT molecular complexity index is 418. The molecule has 0 saturated carbocycles. The molecule has 0 fully saturated rings. The Morgan fingerprint density at radius 1 is 1.38 bits per heavy atom. The highest BCUT2D eigenvalue weighted by atomic mass is 79.9. The number of aromatic nitrogens is 2. The number of halogens is 1. The number of nitrogens with one attached hydrogen (secondary N) is 1. The van der Waals surface area contributed by atoms with E-state index >= 15 is 0 Å². The van der Waals surface area contributed by atoms with Gasteiger partial charge in [0.05, 0.1) is 22.5 Å². The maximum absolute atomic E-state index is 5.10. The second-order valence-electron chi connectivity index (χ2n) is 6.08. The van der Waals surface area contributed by atoms with Crippen LogP contribution in [0.2, 0.25) is 0 Å². The summed E-state index contributed by atoms with van der Waals surface area (Å²) in [5.41, 5.74) is 2.47. The van der Waals surface area contributed by atoms with Gasteiger partial charge in [-0.1, -0.05) is 20.8 Å². The summed E-state index contributed by atoms with van der Waals surface area (Å²) in [5.74, 6) is 1.33. The van der Waals surface area contributed by atoms with Gasteiger partial charge in [0.25, 0.3) is 0 Å². The molecule has 0 spiro atoms. The Balaban J connectivity index is 2.69. The average molecular weight is 360 g/mol. The van der Waals surface area contributed by atoms with Crippen molar-refractivity contribution in [3.8, 4) is 0 Å². The van der Waals surface area contributed by atoms with E-state index in [0.717, 1.165) is 38.2 Å². The lowest BCUT2D eigenvalue weighted by Crippen LogP contribution is -2.28. The van der Waals surface area contributed by atoms with E-state index in [-0.39, 0.29) is 0 Å². The molecule has 1 atom stereocenters. The van der Waals surface area contributed by atoms with Crippen LogP contribution < -0.4 is 5.32 Å². The molecule has 1 unspecified atom stereocenters. The first-order valence-electron chi connectivity index (χ1n) is 7.89. The highest BCUT2D eigenvalue weighted by Crippen LogP contribution is 2.26. The Kier molecular flexibility index (Phi) is 8.52. The summed E-state index contributed by atoms with van der Waals surface area (Å²) in [6.07, 6.45) is 3.25. The van der Waals surface area contributed by atoms with Crippen molar-refractivity contribution in [1.82, 2.24) is 15.1 Å². The molecule has 0 aromatic carbocycles. The van der Waals surface area contributed by atoms with Crippen molar-refractivity contribution >= 4 is 15.9 Å². The van der Waals surface area contributed by atoms with E-state index in [1.807, 2.05) is 11.7 Å². The molecule has 0 bridgehead atoms. The van der Waals surface area contributed by atoms with E-state index in [9.17, 15) is 0 Å². The fourth-order valence-corrected chi connectivity index (χ4v) is 3.48. The molecular weight excluding hydrogens is 330 g/mol. The zero-order valence-corrected chi connectivity index (χ0v) is 15.7. The molecule has 0 aliphatic carbocycles. The van der Waals surface area contributed by atoms with Gasteiger partial charge in [-0.15, -0.1) is 0 Å². The third-order valence-corrected chi connectivity index (χ3v) is 4.62. The molecule has 21 heavy (non-hydrogen) atoms.